The minimum absolute atomic E-state index is 0.0298. The quantitative estimate of drug-likeness (QED) is 0.873. The second kappa shape index (κ2) is 7.07. The zero-order valence-electron chi connectivity index (χ0n) is 11.7. The lowest BCUT2D eigenvalue weighted by atomic mass is 10.1. The van der Waals surface area contributed by atoms with Crippen LogP contribution in [0.25, 0.3) is 0 Å². The average Bonchev–Trinajstić information content (AvgIpc) is 2.86. The van der Waals surface area contributed by atoms with Gasteiger partial charge in [0.1, 0.15) is 0 Å². The first-order valence-electron chi connectivity index (χ1n) is 7.00. The molecule has 0 spiro atoms. The first kappa shape index (κ1) is 15.3. The smallest absolute Gasteiger partial charge is 0.234 e. The number of rotatable bonds is 5. The topological polar surface area (TPSA) is 52.6 Å². The first-order chi connectivity index (χ1) is 9.61. The largest absolute Gasteiger partial charge is 0.395 e. The number of halogens is 1. The fraction of sp³-hybridized carbons (Fsp3) is 0.533. The van der Waals surface area contributed by atoms with Gasteiger partial charge in [0.25, 0.3) is 0 Å². The van der Waals surface area contributed by atoms with Crippen molar-refractivity contribution in [2.75, 3.05) is 19.7 Å². The number of likely N-dealkylation sites (tertiary alicyclic amines) is 1. The highest BCUT2D eigenvalue weighted by Crippen LogP contribution is 2.22. The molecule has 1 unspecified atom stereocenters. The van der Waals surface area contributed by atoms with Crippen molar-refractivity contribution in [2.45, 2.75) is 31.8 Å². The number of aliphatic hydroxyl groups is 1. The fourth-order valence-corrected chi connectivity index (χ4v) is 2.99. The molecule has 1 aliphatic rings. The van der Waals surface area contributed by atoms with Crippen LogP contribution in [0, 0.1) is 0 Å². The molecule has 1 aliphatic heterocycles. The van der Waals surface area contributed by atoms with Gasteiger partial charge >= 0.3 is 0 Å². The third-order valence-electron chi connectivity index (χ3n) is 3.81. The average molecular weight is 297 g/mol. The fourth-order valence-electron chi connectivity index (χ4n) is 2.69. The predicted molar refractivity (Wildman–Crippen MR) is 79.7 cm³/mol. The summed E-state index contributed by atoms with van der Waals surface area (Å²) in [5.41, 5.74) is 0.919. The van der Waals surface area contributed by atoms with Crippen molar-refractivity contribution in [2.24, 2.45) is 0 Å². The Labute approximate surface area is 124 Å². The van der Waals surface area contributed by atoms with Crippen LogP contribution in [0.1, 0.15) is 31.4 Å². The molecule has 110 valence electrons. The molecule has 1 amide bonds. The summed E-state index contributed by atoms with van der Waals surface area (Å²) in [6.45, 7) is 3.25. The summed E-state index contributed by atoms with van der Waals surface area (Å²) in [7, 11) is 0. The van der Waals surface area contributed by atoms with Crippen LogP contribution in [0.4, 0.5) is 0 Å². The van der Waals surface area contributed by atoms with Crippen molar-refractivity contribution in [3.05, 3.63) is 34.9 Å². The highest BCUT2D eigenvalue weighted by atomic mass is 35.5. The van der Waals surface area contributed by atoms with Crippen molar-refractivity contribution in [3.63, 3.8) is 0 Å². The summed E-state index contributed by atoms with van der Waals surface area (Å²) in [5, 5.41) is 12.9. The Morgan fingerprint density at radius 1 is 1.55 bits per heavy atom. The van der Waals surface area contributed by atoms with Crippen LogP contribution >= 0.6 is 11.6 Å². The third kappa shape index (κ3) is 3.72. The Balaban J connectivity index is 1.90. The maximum absolute atomic E-state index is 12.1. The van der Waals surface area contributed by atoms with Gasteiger partial charge < -0.3 is 10.4 Å². The van der Waals surface area contributed by atoms with E-state index in [1.165, 1.54) is 0 Å². The van der Waals surface area contributed by atoms with Gasteiger partial charge in [-0.25, -0.2) is 0 Å². The van der Waals surface area contributed by atoms with Gasteiger partial charge in [-0.15, -0.1) is 0 Å². The lowest BCUT2D eigenvalue weighted by Crippen LogP contribution is -2.41. The lowest BCUT2D eigenvalue weighted by Gasteiger charge is -2.23. The predicted octanol–water partition coefficient (Wildman–Crippen LogP) is 1.97. The summed E-state index contributed by atoms with van der Waals surface area (Å²) in [6.07, 6.45) is 2.00. The maximum Gasteiger partial charge on any atom is 0.234 e. The molecule has 0 aliphatic carbocycles. The van der Waals surface area contributed by atoms with Gasteiger partial charge in [-0.1, -0.05) is 29.8 Å². The van der Waals surface area contributed by atoms with Gasteiger partial charge in [0.2, 0.25) is 5.91 Å². The Kier molecular flexibility index (Phi) is 5.40. The molecule has 0 aromatic heterocycles. The molecule has 0 radical (unpaired) electrons. The van der Waals surface area contributed by atoms with E-state index in [1.54, 1.807) is 0 Å². The minimum atomic E-state index is -0.119. The van der Waals surface area contributed by atoms with Crippen LogP contribution in [-0.4, -0.2) is 41.7 Å². The number of carbonyl (C=O) groups is 1. The van der Waals surface area contributed by atoms with Crippen LogP contribution in [0.3, 0.4) is 0 Å². The molecule has 4 nitrogen and oxygen atoms in total. The number of hydrogen-bond donors (Lipinski definition) is 2. The van der Waals surface area contributed by atoms with E-state index in [0.29, 0.717) is 11.6 Å². The van der Waals surface area contributed by atoms with Gasteiger partial charge in [0.15, 0.2) is 0 Å². The van der Waals surface area contributed by atoms with E-state index in [4.69, 9.17) is 11.6 Å². The van der Waals surface area contributed by atoms with E-state index in [2.05, 4.69) is 5.32 Å². The molecule has 20 heavy (non-hydrogen) atoms. The zero-order chi connectivity index (χ0) is 14.5. The SMILES string of the molecule is CC(NC(=O)CN1CCC[C@H]1CO)c1ccccc1Cl. The van der Waals surface area contributed by atoms with Crippen LogP contribution in [0.5, 0.6) is 0 Å². The van der Waals surface area contributed by atoms with Gasteiger partial charge in [-0.3, -0.25) is 9.69 Å². The summed E-state index contributed by atoms with van der Waals surface area (Å²) in [4.78, 5) is 14.1. The monoisotopic (exact) mass is 296 g/mol. The summed E-state index contributed by atoms with van der Waals surface area (Å²) >= 11 is 6.12. The summed E-state index contributed by atoms with van der Waals surface area (Å²) < 4.78 is 0. The van der Waals surface area contributed by atoms with Gasteiger partial charge in [-0.2, -0.15) is 0 Å². The Bertz CT molecular complexity index is 467. The third-order valence-corrected chi connectivity index (χ3v) is 4.15. The number of nitrogens with one attached hydrogen (secondary N) is 1. The second-order valence-electron chi connectivity index (χ2n) is 5.26. The molecule has 5 heteroatoms. The normalized spacial score (nSPS) is 20.9. The van der Waals surface area contributed by atoms with Crippen LogP contribution in [0.15, 0.2) is 24.3 Å². The van der Waals surface area contributed by atoms with Crippen molar-refractivity contribution >= 4 is 17.5 Å². The molecular weight excluding hydrogens is 276 g/mol. The lowest BCUT2D eigenvalue weighted by molar-refractivity contribution is -0.123. The number of amides is 1. The molecule has 1 aromatic carbocycles. The molecular formula is C15H21ClN2O2. The molecule has 1 heterocycles. The van der Waals surface area contributed by atoms with E-state index in [-0.39, 0.29) is 24.6 Å². The van der Waals surface area contributed by atoms with Gasteiger partial charge in [0, 0.05) is 11.1 Å². The van der Waals surface area contributed by atoms with Gasteiger partial charge in [0.05, 0.1) is 19.2 Å². The molecule has 2 rings (SSSR count). The first-order valence-corrected chi connectivity index (χ1v) is 7.38. The van der Waals surface area contributed by atoms with E-state index in [1.807, 2.05) is 36.1 Å². The standard InChI is InChI=1S/C15H21ClN2O2/c1-11(13-6-2-3-7-14(13)16)17-15(20)9-18-8-4-5-12(18)10-19/h2-3,6-7,11-12,19H,4-5,8-10H2,1H3,(H,17,20)/t11?,12-/m0/s1. The number of aliphatic hydroxyl groups excluding tert-OH is 1. The maximum atomic E-state index is 12.1. The summed E-state index contributed by atoms with van der Waals surface area (Å²) in [5.74, 6) is -0.0298. The van der Waals surface area contributed by atoms with Crippen molar-refractivity contribution < 1.29 is 9.90 Å². The molecule has 0 saturated carbocycles. The Hall–Kier alpha value is -1.10. The van der Waals surface area contributed by atoms with E-state index in [0.717, 1.165) is 24.9 Å². The van der Waals surface area contributed by atoms with Crippen LogP contribution in [-0.2, 0) is 4.79 Å². The van der Waals surface area contributed by atoms with Crippen LogP contribution < -0.4 is 5.32 Å². The highest BCUT2D eigenvalue weighted by molar-refractivity contribution is 6.31. The number of nitrogens with zero attached hydrogens (tertiary/aromatic N) is 1. The number of hydrogen-bond acceptors (Lipinski definition) is 3. The molecule has 1 aromatic rings. The highest BCUT2D eigenvalue weighted by Gasteiger charge is 2.25. The van der Waals surface area contributed by atoms with Crippen molar-refractivity contribution in [1.29, 1.82) is 0 Å². The molecule has 1 fully saturated rings. The second-order valence-corrected chi connectivity index (χ2v) is 5.67. The van der Waals surface area contributed by atoms with Crippen molar-refractivity contribution in [3.8, 4) is 0 Å². The Morgan fingerprint density at radius 3 is 3.00 bits per heavy atom. The Morgan fingerprint density at radius 2 is 2.30 bits per heavy atom. The van der Waals surface area contributed by atoms with Crippen molar-refractivity contribution in [1.82, 2.24) is 10.2 Å². The zero-order valence-corrected chi connectivity index (χ0v) is 12.4. The number of carbonyl (C=O) groups excluding carboxylic acids is 1. The minimum Gasteiger partial charge on any atom is -0.395 e. The van der Waals surface area contributed by atoms with E-state index < -0.39 is 0 Å². The van der Waals surface area contributed by atoms with E-state index >= 15 is 0 Å². The molecule has 2 N–H and O–H groups in total. The molecule has 1 saturated heterocycles. The molecule has 0 bridgehead atoms. The molecule has 2 atom stereocenters. The summed E-state index contributed by atoms with van der Waals surface area (Å²) in [6, 6.07) is 7.52. The number of benzene rings is 1. The van der Waals surface area contributed by atoms with E-state index in [9.17, 15) is 9.90 Å². The van der Waals surface area contributed by atoms with Crippen LogP contribution in [0.2, 0.25) is 5.02 Å². The van der Waals surface area contributed by atoms with Gasteiger partial charge in [-0.05, 0) is 37.9 Å².